The number of hydrogen-bond acceptors (Lipinski definition) is 0. The van der Waals surface area contributed by atoms with E-state index in [9.17, 15) is 4.39 Å². The maximum Gasteiger partial charge on any atom is 0.202 e. The molecule has 0 aliphatic heterocycles. The highest BCUT2D eigenvalue weighted by Gasteiger charge is 2.38. The molecule has 0 saturated heterocycles. The standard InChI is InChI=1S/C4H9Br2FSi/c1-8(2,3)4(5,6)7/h1-3H3. The van der Waals surface area contributed by atoms with Crippen molar-refractivity contribution in [2.45, 2.75) is 22.8 Å². The molecule has 8 heavy (non-hydrogen) atoms. The Bertz CT molecular complexity index is 69.0. The Balaban J connectivity index is 4.02. The van der Waals surface area contributed by atoms with Gasteiger partial charge in [0.25, 0.3) is 0 Å². The summed E-state index contributed by atoms with van der Waals surface area (Å²) in [5.74, 6) is 0. The molecule has 0 saturated carbocycles. The first-order valence-electron chi connectivity index (χ1n) is 2.32. The summed E-state index contributed by atoms with van der Waals surface area (Å²) >= 11 is 5.82. The molecule has 0 spiro atoms. The maximum atomic E-state index is 12.8. The Hall–Kier alpha value is 1.11. The molecule has 50 valence electrons. The first-order valence-corrected chi connectivity index (χ1v) is 7.40. The lowest BCUT2D eigenvalue weighted by Gasteiger charge is -2.23. The molecule has 0 N–H and O–H groups in total. The minimum absolute atomic E-state index is 1.30. The van der Waals surface area contributed by atoms with Gasteiger partial charge in [0, 0.05) is 0 Å². The summed E-state index contributed by atoms with van der Waals surface area (Å²) < 4.78 is 11.5. The van der Waals surface area contributed by atoms with Gasteiger partial charge in [0.15, 0.2) is 0 Å². The van der Waals surface area contributed by atoms with Crippen molar-refractivity contribution in [1.82, 2.24) is 0 Å². The average molecular weight is 264 g/mol. The second-order valence-electron chi connectivity index (χ2n) is 2.75. The summed E-state index contributed by atoms with van der Waals surface area (Å²) in [6, 6.07) is 0. The smallest absolute Gasteiger partial charge is 0.202 e. The number of rotatable bonds is 1. The van der Waals surface area contributed by atoms with Crippen molar-refractivity contribution < 1.29 is 4.39 Å². The van der Waals surface area contributed by atoms with Crippen LogP contribution in [0.25, 0.3) is 0 Å². The zero-order valence-corrected chi connectivity index (χ0v) is 9.31. The Labute approximate surface area is 67.1 Å². The van der Waals surface area contributed by atoms with E-state index < -0.39 is 11.2 Å². The predicted octanol–water partition coefficient (Wildman–Crippen LogP) is 3.28. The van der Waals surface area contributed by atoms with Crippen LogP contribution in [0.15, 0.2) is 0 Å². The molecule has 0 atom stereocenters. The molecule has 0 unspecified atom stereocenters. The minimum Gasteiger partial charge on any atom is -0.223 e. The molecule has 0 aromatic carbocycles. The Morgan fingerprint density at radius 3 is 1.38 bits per heavy atom. The van der Waals surface area contributed by atoms with E-state index in [2.05, 4.69) is 31.9 Å². The summed E-state index contributed by atoms with van der Waals surface area (Å²) in [5, 5.41) is 0. The van der Waals surface area contributed by atoms with E-state index in [4.69, 9.17) is 0 Å². The van der Waals surface area contributed by atoms with Crippen molar-refractivity contribution in [3.05, 3.63) is 0 Å². The Kier molecular flexibility index (Phi) is 2.71. The van der Waals surface area contributed by atoms with Crippen LogP contribution in [0.1, 0.15) is 0 Å². The number of hydrogen-bond donors (Lipinski definition) is 0. The lowest BCUT2D eigenvalue weighted by Crippen LogP contribution is -2.38. The van der Waals surface area contributed by atoms with Crippen LogP contribution in [0.3, 0.4) is 0 Å². The van der Waals surface area contributed by atoms with Gasteiger partial charge in [0.2, 0.25) is 3.11 Å². The van der Waals surface area contributed by atoms with Crippen LogP contribution in [0.5, 0.6) is 0 Å². The van der Waals surface area contributed by atoms with Crippen LogP contribution in [0.2, 0.25) is 19.6 Å². The molecule has 0 aliphatic carbocycles. The van der Waals surface area contributed by atoms with E-state index in [1.165, 1.54) is 0 Å². The molecule has 0 aromatic rings. The Morgan fingerprint density at radius 2 is 1.38 bits per heavy atom. The Morgan fingerprint density at radius 1 is 1.25 bits per heavy atom. The molecule has 0 rings (SSSR count). The van der Waals surface area contributed by atoms with Crippen LogP contribution in [-0.2, 0) is 0 Å². The minimum atomic E-state index is -1.69. The fourth-order valence-corrected chi connectivity index (χ4v) is 0. The predicted molar refractivity (Wildman–Crippen MR) is 45.0 cm³/mol. The van der Waals surface area contributed by atoms with Gasteiger partial charge in [-0.25, -0.2) is 4.39 Å². The SMILES string of the molecule is C[Si](C)(C)C(F)(Br)Br. The molecular weight excluding hydrogens is 255 g/mol. The summed E-state index contributed by atoms with van der Waals surface area (Å²) in [4.78, 5) is 0. The van der Waals surface area contributed by atoms with Crippen LogP contribution >= 0.6 is 31.9 Å². The highest BCUT2D eigenvalue weighted by Crippen LogP contribution is 2.37. The summed E-state index contributed by atoms with van der Waals surface area (Å²) in [6.45, 7) is 5.82. The molecule has 0 fully saturated rings. The van der Waals surface area contributed by atoms with Crippen LogP contribution in [-0.4, -0.2) is 11.2 Å². The van der Waals surface area contributed by atoms with Crippen LogP contribution in [0.4, 0.5) is 4.39 Å². The highest BCUT2D eigenvalue weighted by molar-refractivity contribution is 9.26. The van der Waals surface area contributed by atoms with Crippen molar-refractivity contribution in [2.75, 3.05) is 0 Å². The van der Waals surface area contributed by atoms with Gasteiger partial charge in [-0.3, -0.25) is 0 Å². The molecule has 0 amide bonds. The van der Waals surface area contributed by atoms with E-state index in [-0.39, 0.29) is 0 Å². The largest absolute Gasteiger partial charge is 0.223 e. The van der Waals surface area contributed by atoms with Crippen molar-refractivity contribution in [1.29, 1.82) is 0 Å². The summed E-state index contributed by atoms with van der Waals surface area (Å²) in [5.41, 5.74) is 0. The van der Waals surface area contributed by atoms with Crippen molar-refractivity contribution in [2.24, 2.45) is 0 Å². The maximum absolute atomic E-state index is 12.8. The lowest BCUT2D eigenvalue weighted by atomic mass is 11.7. The van der Waals surface area contributed by atoms with E-state index in [1.54, 1.807) is 0 Å². The van der Waals surface area contributed by atoms with E-state index in [0.717, 1.165) is 0 Å². The fourth-order valence-electron chi connectivity index (χ4n) is 0. The van der Waals surface area contributed by atoms with Crippen molar-refractivity contribution in [3.8, 4) is 0 Å². The first kappa shape index (κ1) is 9.11. The molecule has 0 nitrogen and oxygen atoms in total. The quantitative estimate of drug-likeness (QED) is 0.503. The first-order chi connectivity index (χ1) is 3.25. The topological polar surface area (TPSA) is 0 Å². The summed E-state index contributed by atoms with van der Waals surface area (Å²) in [6.07, 6.45) is 0. The summed E-state index contributed by atoms with van der Waals surface area (Å²) in [7, 11) is -1.69. The molecule has 0 aromatic heterocycles. The molecule has 0 heterocycles. The van der Waals surface area contributed by atoms with Crippen molar-refractivity contribution >= 4 is 39.9 Å². The van der Waals surface area contributed by atoms with Crippen molar-refractivity contribution in [3.63, 3.8) is 0 Å². The van der Waals surface area contributed by atoms with E-state index in [0.29, 0.717) is 0 Å². The molecule has 0 radical (unpaired) electrons. The normalized spacial score (nSPS) is 14.2. The zero-order chi connectivity index (χ0) is 7.00. The van der Waals surface area contributed by atoms with Gasteiger partial charge in [0.05, 0.1) is 0 Å². The number of halogens is 3. The van der Waals surface area contributed by atoms with Crippen LogP contribution in [0, 0.1) is 0 Å². The van der Waals surface area contributed by atoms with Gasteiger partial charge in [-0.05, 0) is 31.9 Å². The average Bonchev–Trinajstić information content (AvgIpc) is 1.25. The van der Waals surface area contributed by atoms with Gasteiger partial charge >= 0.3 is 0 Å². The van der Waals surface area contributed by atoms with E-state index >= 15 is 0 Å². The van der Waals surface area contributed by atoms with Gasteiger partial charge < -0.3 is 0 Å². The third kappa shape index (κ3) is 2.59. The third-order valence-electron chi connectivity index (χ3n) is 0.850. The van der Waals surface area contributed by atoms with E-state index in [1.807, 2.05) is 19.6 Å². The van der Waals surface area contributed by atoms with Gasteiger partial charge in [-0.15, -0.1) is 0 Å². The van der Waals surface area contributed by atoms with Crippen LogP contribution < -0.4 is 0 Å². The molecular formula is C4H9Br2FSi. The van der Waals surface area contributed by atoms with Gasteiger partial charge in [-0.2, -0.15) is 0 Å². The monoisotopic (exact) mass is 262 g/mol. The van der Waals surface area contributed by atoms with Gasteiger partial charge in [0.1, 0.15) is 8.07 Å². The molecule has 0 bridgehead atoms. The molecule has 0 aliphatic rings. The molecule has 4 heteroatoms. The second kappa shape index (κ2) is 2.38. The lowest BCUT2D eigenvalue weighted by molar-refractivity contribution is 0.524. The second-order valence-corrected chi connectivity index (χ2v) is 12.7. The third-order valence-corrected chi connectivity index (χ3v) is 9.69. The fraction of sp³-hybridized carbons (Fsp3) is 1.00. The van der Waals surface area contributed by atoms with Gasteiger partial charge in [-0.1, -0.05) is 19.6 Å². The highest BCUT2D eigenvalue weighted by atomic mass is 79.9. The zero-order valence-electron chi connectivity index (χ0n) is 5.13. The number of alkyl halides is 3.